The summed E-state index contributed by atoms with van der Waals surface area (Å²) in [7, 11) is 0. The van der Waals surface area contributed by atoms with Gasteiger partial charge in [-0.1, -0.05) is 29.8 Å². The Labute approximate surface area is 122 Å². The normalized spacial score (nSPS) is 22.9. The van der Waals surface area contributed by atoms with Gasteiger partial charge in [-0.3, -0.25) is 9.80 Å². The lowest BCUT2D eigenvalue weighted by Gasteiger charge is -2.36. The summed E-state index contributed by atoms with van der Waals surface area (Å²) in [6.07, 6.45) is 2.68. The summed E-state index contributed by atoms with van der Waals surface area (Å²) in [6, 6.07) is 9.14. The van der Waals surface area contributed by atoms with Crippen LogP contribution in [0.1, 0.15) is 24.0 Å². The van der Waals surface area contributed by atoms with E-state index in [1.54, 1.807) is 0 Å². The van der Waals surface area contributed by atoms with Gasteiger partial charge in [0, 0.05) is 44.7 Å². The highest BCUT2D eigenvalue weighted by Crippen LogP contribution is 2.48. The predicted molar refractivity (Wildman–Crippen MR) is 82.1 cm³/mol. The van der Waals surface area contributed by atoms with Gasteiger partial charge in [0.15, 0.2) is 0 Å². The number of aliphatic hydroxyl groups is 1. The van der Waals surface area contributed by atoms with Crippen molar-refractivity contribution in [2.45, 2.75) is 25.2 Å². The van der Waals surface area contributed by atoms with Crippen LogP contribution in [0.5, 0.6) is 0 Å². The molecule has 0 amide bonds. The molecule has 0 radical (unpaired) electrons. The van der Waals surface area contributed by atoms with Gasteiger partial charge < -0.3 is 5.11 Å². The molecule has 1 saturated carbocycles. The molecule has 0 aromatic heterocycles. The Morgan fingerprint density at radius 2 is 1.60 bits per heavy atom. The lowest BCUT2D eigenvalue weighted by Crippen LogP contribution is -2.49. The number of aliphatic hydroxyl groups excluding tert-OH is 1. The fraction of sp³-hybridized carbons (Fsp3) is 0.647. The first-order valence-electron chi connectivity index (χ1n) is 7.85. The number of aryl methyl sites for hydroxylation is 1. The maximum Gasteiger partial charge on any atom is 0.0558 e. The molecule has 0 unspecified atom stereocenters. The second-order valence-corrected chi connectivity index (χ2v) is 6.49. The van der Waals surface area contributed by atoms with Crippen LogP contribution in [0.15, 0.2) is 24.3 Å². The van der Waals surface area contributed by atoms with Crippen LogP contribution in [0.3, 0.4) is 0 Å². The third-order valence-corrected chi connectivity index (χ3v) is 4.92. The summed E-state index contributed by atoms with van der Waals surface area (Å²) in [5, 5.41) is 9.00. The van der Waals surface area contributed by atoms with Crippen molar-refractivity contribution in [3.05, 3.63) is 35.4 Å². The largest absolute Gasteiger partial charge is 0.395 e. The van der Waals surface area contributed by atoms with Gasteiger partial charge in [-0.2, -0.15) is 0 Å². The second kappa shape index (κ2) is 5.84. The predicted octanol–water partition coefficient (Wildman–Crippen LogP) is 1.64. The van der Waals surface area contributed by atoms with Crippen molar-refractivity contribution < 1.29 is 5.11 Å². The standard InChI is InChI=1S/C17H26N2O/c1-15-2-4-16(5-3-15)17(6-7-17)14-19-10-8-18(9-11-19)12-13-20/h2-5,20H,6-14H2,1H3. The van der Waals surface area contributed by atoms with Gasteiger partial charge in [0.05, 0.1) is 6.61 Å². The molecular weight excluding hydrogens is 248 g/mol. The molecule has 2 fully saturated rings. The molecule has 110 valence electrons. The Hall–Kier alpha value is -0.900. The number of nitrogens with zero attached hydrogens (tertiary/aromatic N) is 2. The first kappa shape index (κ1) is 14.1. The van der Waals surface area contributed by atoms with Crippen LogP contribution in [-0.2, 0) is 5.41 Å². The fourth-order valence-corrected chi connectivity index (χ4v) is 3.34. The van der Waals surface area contributed by atoms with Crippen molar-refractivity contribution in [1.82, 2.24) is 9.80 Å². The van der Waals surface area contributed by atoms with E-state index < -0.39 is 0 Å². The molecule has 1 N–H and O–H groups in total. The molecule has 3 nitrogen and oxygen atoms in total. The minimum absolute atomic E-state index is 0.285. The second-order valence-electron chi connectivity index (χ2n) is 6.49. The van der Waals surface area contributed by atoms with Crippen LogP contribution < -0.4 is 0 Å². The average Bonchev–Trinajstić information content (AvgIpc) is 3.23. The van der Waals surface area contributed by atoms with E-state index >= 15 is 0 Å². The Bertz CT molecular complexity index is 431. The van der Waals surface area contributed by atoms with Crippen molar-refractivity contribution in [3.63, 3.8) is 0 Å². The lowest BCUT2D eigenvalue weighted by molar-refractivity contribution is 0.106. The topological polar surface area (TPSA) is 26.7 Å². The lowest BCUT2D eigenvalue weighted by atomic mass is 9.94. The van der Waals surface area contributed by atoms with Crippen molar-refractivity contribution in [2.24, 2.45) is 0 Å². The first-order valence-corrected chi connectivity index (χ1v) is 7.85. The summed E-state index contributed by atoms with van der Waals surface area (Å²) < 4.78 is 0. The molecule has 1 heterocycles. The third-order valence-electron chi connectivity index (χ3n) is 4.92. The Morgan fingerprint density at radius 3 is 2.15 bits per heavy atom. The van der Waals surface area contributed by atoms with E-state index in [9.17, 15) is 0 Å². The van der Waals surface area contributed by atoms with E-state index in [4.69, 9.17) is 5.11 Å². The monoisotopic (exact) mass is 274 g/mol. The number of piperazine rings is 1. The molecule has 1 aromatic rings. The number of rotatable bonds is 5. The third kappa shape index (κ3) is 3.05. The number of benzene rings is 1. The summed E-state index contributed by atoms with van der Waals surface area (Å²) in [4.78, 5) is 4.97. The zero-order valence-electron chi connectivity index (χ0n) is 12.5. The van der Waals surface area contributed by atoms with Gasteiger partial charge >= 0.3 is 0 Å². The zero-order chi connectivity index (χ0) is 14.0. The van der Waals surface area contributed by atoms with E-state index in [1.165, 1.54) is 30.5 Å². The Kier molecular flexibility index (Phi) is 4.11. The Morgan fingerprint density at radius 1 is 1.00 bits per heavy atom. The minimum atomic E-state index is 0.285. The van der Waals surface area contributed by atoms with Gasteiger partial charge in [-0.25, -0.2) is 0 Å². The first-order chi connectivity index (χ1) is 9.72. The van der Waals surface area contributed by atoms with Crippen LogP contribution in [0, 0.1) is 6.92 Å². The van der Waals surface area contributed by atoms with Crippen LogP contribution in [0.4, 0.5) is 0 Å². The van der Waals surface area contributed by atoms with Crippen molar-refractivity contribution in [2.75, 3.05) is 45.9 Å². The zero-order valence-corrected chi connectivity index (χ0v) is 12.5. The summed E-state index contributed by atoms with van der Waals surface area (Å²) in [5.74, 6) is 0. The van der Waals surface area contributed by atoms with Crippen LogP contribution in [-0.4, -0.2) is 60.8 Å². The summed E-state index contributed by atoms with van der Waals surface area (Å²) in [6.45, 7) is 8.98. The van der Waals surface area contributed by atoms with Crippen LogP contribution in [0.2, 0.25) is 0 Å². The summed E-state index contributed by atoms with van der Waals surface area (Å²) >= 11 is 0. The van der Waals surface area contributed by atoms with E-state index in [2.05, 4.69) is 41.0 Å². The highest BCUT2D eigenvalue weighted by molar-refractivity contribution is 5.34. The van der Waals surface area contributed by atoms with Gasteiger partial charge in [0.2, 0.25) is 0 Å². The highest BCUT2D eigenvalue weighted by Gasteiger charge is 2.45. The number of hydrogen-bond acceptors (Lipinski definition) is 3. The molecule has 3 heteroatoms. The van der Waals surface area contributed by atoms with E-state index in [0.29, 0.717) is 5.41 Å². The molecule has 1 saturated heterocycles. The van der Waals surface area contributed by atoms with Gasteiger partial charge in [-0.15, -0.1) is 0 Å². The quantitative estimate of drug-likeness (QED) is 0.884. The molecule has 3 rings (SSSR count). The van der Waals surface area contributed by atoms with Crippen molar-refractivity contribution in [3.8, 4) is 0 Å². The smallest absolute Gasteiger partial charge is 0.0558 e. The average molecular weight is 274 g/mol. The SMILES string of the molecule is Cc1ccc(C2(CN3CCN(CCO)CC3)CC2)cc1. The minimum Gasteiger partial charge on any atom is -0.395 e. The number of hydrogen-bond donors (Lipinski definition) is 1. The van der Waals surface area contributed by atoms with Gasteiger partial charge in [0.25, 0.3) is 0 Å². The van der Waals surface area contributed by atoms with E-state index in [1.807, 2.05) is 0 Å². The molecule has 0 atom stereocenters. The molecule has 1 aliphatic carbocycles. The highest BCUT2D eigenvalue weighted by atomic mass is 16.3. The molecule has 20 heavy (non-hydrogen) atoms. The van der Waals surface area contributed by atoms with Gasteiger partial charge in [-0.05, 0) is 25.3 Å². The molecular formula is C17H26N2O. The van der Waals surface area contributed by atoms with Crippen LogP contribution >= 0.6 is 0 Å². The van der Waals surface area contributed by atoms with Gasteiger partial charge in [0.1, 0.15) is 0 Å². The maximum absolute atomic E-state index is 9.00. The molecule has 0 spiro atoms. The fourth-order valence-electron chi connectivity index (χ4n) is 3.34. The van der Waals surface area contributed by atoms with E-state index in [0.717, 1.165) is 32.7 Å². The molecule has 0 bridgehead atoms. The van der Waals surface area contributed by atoms with E-state index in [-0.39, 0.29) is 6.61 Å². The molecule has 2 aliphatic rings. The van der Waals surface area contributed by atoms with Crippen molar-refractivity contribution >= 4 is 0 Å². The summed E-state index contributed by atoms with van der Waals surface area (Å²) in [5.41, 5.74) is 3.32. The Balaban J connectivity index is 1.57. The number of β-amino-alcohol motifs (C(OH)–C–C–N with tert-alkyl or cyclic N) is 1. The van der Waals surface area contributed by atoms with Crippen molar-refractivity contribution in [1.29, 1.82) is 0 Å². The molecule has 1 aliphatic heterocycles. The molecule has 1 aromatic carbocycles. The van der Waals surface area contributed by atoms with Crippen LogP contribution in [0.25, 0.3) is 0 Å². The maximum atomic E-state index is 9.00.